The summed E-state index contributed by atoms with van der Waals surface area (Å²) in [5.41, 5.74) is 0.982. The van der Waals surface area contributed by atoms with Gasteiger partial charge in [0.15, 0.2) is 0 Å². The predicted octanol–water partition coefficient (Wildman–Crippen LogP) is 2.48. The lowest BCUT2D eigenvalue weighted by Gasteiger charge is -2.15. The highest BCUT2D eigenvalue weighted by atomic mass is 79.9. The van der Waals surface area contributed by atoms with E-state index in [1.54, 1.807) is 0 Å². The molecule has 1 aromatic rings. The number of amides is 1. The monoisotopic (exact) mass is 282 g/mol. The molecule has 1 heterocycles. The standard InChI is InChI=1S/C12H15BrN2O/c13-10-3-5-11(6-4-10)14-9-12(16)15-7-1-2-8-15/h3-6,14H,1-2,7-9H2. The maximum atomic E-state index is 11.7. The number of carbonyl (C=O) groups is 1. The normalized spacial score (nSPS) is 15.2. The Bertz CT molecular complexity index is 358. The fourth-order valence-electron chi connectivity index (χ4n) is 1.82. The maximum Gasteiger partial charge on any atom is 0.241 e. The molecule has 0 spiro atoms. The Hall–Kier alpha value is -1.03. The number of rotatable bonds is 3. The van der Waals surface area contributed by atoms with Crippen LogP contribution in [0.3, 0.4) is 0 Å². The third-order valence-electron chi connectivity index (χ3n) is 2.75. The first-order chi connectivity index (χ1) is 7.75. The van der Waals surface area contributed by atoms with Crippen molar-refractivity contribution >= 4 is 27.5 Å². The Labute approximate surface area is 104 Å². The molecular formula is C12H15BrN2O. The van der Waals surface area contributed by atoms with Gasteiger partial charge in [-0.05, 0) is 37.1 Å². The molecule has 0 aromatic heterocycles. The van der Waals surface area contributed by atoms with Gasteiger partial charge in [0.1, 0.15) is 0 Å². The van der Waals surface area contributed by atoms with Crippen LogP contribution in [0.4, 0.5) is 5.69 Å². The summed E-state index contributed by atoms with van der Waals surface area (Å²) in [4.78, 5) is 13.7. The number of benzene rings is 1. The molecule has 2 rings (SSSR count). The molecule has 0 aliphatic carbocycles. The zero-order valence-corrected chi connectivity index (χ0v) is 10.7. The van der Waals surface area contributed by atoms with Crippen LogP contribution in [0.5, 0.6) is 0 Å². The van der Waals surface area contributed by atoms with Gasteiger partial charge < -0.3 is 10.2 Å². The first kappa shape index (κ1) is 11.5. The van der Waals surface area contributed by atoms with Gasteiger partial charge >= 0.3 is 0 Å². The molecule has 1 N–H and O–H groups in total. The number of nitrogens with zero attached hydrogens (tertiary/aromatic N) is 1. The van der Waals surface area contributed by atoms with Crippen LogP contribution < -0.4 is 5.32 Å². The molecule has 3 nitrogen and oxygen atoms in total. The highest BCUT2D eigenvalue weighted by Gasteiger charge is 2.16. The average Bonchev–Trinajstić information content (AvgIpc) is 2.81. The Morgan fingerprint density at radius 2 is 1.88 bits per heavy atom. The summed E-state index contributed by atoms with van der Waals surface area (Å²) in [6.07, 6.45) is 2.29. The summed E-state index contributed by atoms with van der Waals surface area (Å²) in [5.74, 6) is 0.195. The van der Waals surface area contributed by atoms with Crippen LogP contribution in [0.25, 0.3) is 0 Å². The molecule has 16 heavy (non-hydrogen) atoms. The van der Waals surface area contributed by atoms with Crippen molar-refractivity contribution in [2.45, 2.75) is 12.8 Å². The molecule has 0 radical (unpaired) electrons. The van der Waals surface area contributed by atoms with Gasteiger partial charge in [0.2, 0.25) is 5.91 Å². The Balaban J connectivity index is 1.82. The van der Waals surface area contributed by atoms with Crippen molar-refractivity contribution < 1.29 is 4.79 Å². The predicted molar refractivity (Wildman–Crippen MR) is 68.4 cm³/mol. The van der Waals surface area contributed by atoms with Gasteiger partial charge in [-0.2, -0.15) is 0 Å². The minimum atomic E-state index is 0.195. The molecule has 1 aliphatic heterocycles. The number of hydrogen-bond donors (Lipinski definition) is 1. The first-order valence-corrected chi connectivity index (χ1v) is 6.32. The van der Waals surface area contributed by atoms with Crippen molar-refractivity contribution in [2.75, 3.05) is 25.0 Å². The number of likely N-dealkylation sites (tertiary alicyclic amines) is 1. The fourth-order valence-corrected chi connectivity index (χ4v) is 2.09. The highest BCUT2D eigenvalue weighted by Crippen LogP contribution is 2.14. The number of anilines is 1. The SMILES string of the molecule is O=C(CNc1ccc(Br)cc1)N1CCCC1. The van der Waals surface area contributed by atoms with E-state index in [-0.39, 0.29) is 5.91 Å². The second-order valence-electron chi connectivity index (χ2n) is 3.95. The van der Waals surface area contributed by atoms with Crippen molar-refractivity contribution in [3.8, 4) is 0 Å². The lowest BCUT2D eigenvalue weighted by Crippen LogP contribution is -2.32. The topological polar surface area (TPSA) is 32.3 Å². The van der Waals surface area contributed by atoms with Crippen molar-refractivity contribution in [3.05, 3.63) is 28.7 Å². The number of carbonyl (C=O) groups excluding carboxylic acids is 1. The van der Waals surface area contributed by atoms with Gasteiger partial charge in [0.05, 0.1) is 6.54 Å². The van der Waals surface area contributed by atoms with E-state index in [1.165, 1.54) is 0 Å². The van der Waals surface area contributed by atoms with Crippen LogP contribution in [0.1, 0.15) is 12.8 Å². The average molecular weight is 283 g/mol. The second-order valence-corrected chi connectivity index (χ2v) is 4.86. The summed E-state index contributed by atoms with van der Waals surface area (Å²) in [6, 6.07) is 7.84. The van der Waals surface area contributed by atoms with Crippen molar-refractivity contribution in [1.29, 1.82) is 0 Å². The van der Waals surface area contributed by atoms with Gasteiger partial charge in [-0.3, -0.25) is 4.79 Å². The van der Waals surface area contributed by atoms with Crippen LogP contribution in [-0.4, -0.2) is 30.4 Å². The van der Waals surface area contributed by atoms with Gasteiger partial charge in [0.25, 0.3) is 0 Å². The van der Waals surface area contributed by atoms with E-state index in [9.17, 15) is 4.79 Å². The number of nitrogens with one attached hydrogen (secondary N) is 1. The molecule has 1 aromatic carbocycles. The molecule has 0 unspecified atom stereocenters. The summed E-state index contributed by atoms with van der Waals surface area (Å²) in [5, 5.41) is 3.14. The van der Waals surface area contributed by atoms with Gasteiger partial charge in [0, 0.05) is 23.2 Å². The summed E-state index contributed by atoms with van der Waals surface area (Å²) in [6.45, 7) is 2.23. The minimum Gasteiger partial charge on any atom is -0.376 e. The lowest BCUT2D eigenvalue weighted by molar-refractivity contribution is -0.128. The van der Waals surface area contributed by atoms with Crippen molar-refractivity contribution in [3.63, 3.8) is 0 Å². The molecular weight excluding hydrogens is 268 g/mol. The molecule has 0 bridgehead atoms. The van der Waals surface area contributed by atoms with Crippen LogP contribution in [0.15, 0.2) is 28.7 Å². The van der Waals surface area contributed by atoms with Crippen LogP contribution in [0, 0.1) is 0 Å². The second kappa shape index (κ2) is 5.34. The third-order valence-corrected chi connectivity index (χ3v) is 3.28. The Morgan fingerprint density at radius 1 is 1.25 bits per heavy atom. The lowest BCUT2D eigenvalue weighted by atomic mass is 10.3. The maximum absolute atomic E-state index is 11.7. The Morgan fingerprint density at radius 3 is 2.50 bits per heavy atom. The Kier molecular flexibility index (Phi) is 3.83. The van der Waals surface area contributed by atoms with E-state index < -0.39 is 0 Å². The third kappa shape index (κ3) is 2.98. The van der Waals surface area contributed by atoms with E-state index >= 15 is 0 Å². The summed E-state index contributed by atoms with van der Waals surface area (Å²) >= 11 is 3.38. The van der Waals surface area contributed by atoms with E-state index in [1.807, 2.05) is 29.2 Å². The molecule has 0 saturated carbocycles. The molecule has 1 saturated heterocycles. The molecule has 0 atom stereocenters. The summed E-state index contributed by atoms with van der Waals surface area (Å²) in [7, 11) is 0. The molecule has 1 aliphatic rings. The highest BCUT2D eigenvalue weighted by molar-refractivity contribution is 9.10. The van der Waals surface area contributed by atoms with E-state index in [4.69, 9.17) is 0 Å². The molecule has 86 valence electrons. The zero-order chi connectivity index (χ0) is 11.4. The number of hydrogen-bond acceptors (Lipinski definition) is 2. The molecule has 1 amide bonds. The van der Waals surface area contributed by atoms with Crippen LogP contribution in [-0.2, 0) is 4.79 Å². The van der Waals surface area contributed by atoms with Crippen LogP contribution in [0.2, 0.25) is 0 Å². The smallest absolute Gasteiger partial charge is 0.241 e. The van der Waals surface area contributed by atoms with E-state index in [0.717, 1.165) is 36.1 Å². The van der Waals surface area contributed by atoms with Crippen molar-refractivity contribution in [2.24, 2.45) is 0 Å². The van der Waals surface area contributed by atoms with Gasteiger partial charge in [-0.25, -0.2) is 0 Å². The minimum absolute atomic E-state index is 0.195. The largest absolute Gasteiger partial charge is 0.376 e. The fraction of sp³-hybridized carbons (Fsp3) is 0.417. The van der Waals surface area contributed by atoms with Crippen molar-refractivity contribution in [1.82, 2.24) is 4.90 Å². The zero-order valence-electron chi connectivity index (χ0n) is 9.08. The molecule has 4 heteroatoms. The number of halogens is 1. The molecule has 1 fully saturated rings. The van der Waals surface area contributed by atoms with E-state index in [2.05, 4.69) is 21.2 Å². The first-order valence-electron chi connectivity index (χ1n) is 5.53. The van der Waals surface area contributed by atoms with Gasteiger partial charge in [-0.1, -0.05) is 15.9 Å². The summed E-state index contributed by atoms with van der Waals surface area (Å²) < 4.78 is 1.05. The van der Waals surface area contributed by atoms with E-state index in [0.29, 0.717) is 6.54 Å². The quantitative estimate of drug-likeness (QED) is 0.924. The van der Waals surface area contributed by atoms with Crippen LogP contribution >= 0.6 is 15.9 Å². The van der Waals surface area contributed by atoms with Gasteiger partial charge in [-0.15, -0.1) is 0 Å².